The van der Waals surface area contributed by atoms with Gasteiger partial charge in [-0.25, -0.2) is 4.79 Å². The summed E-state index contributed by atoms with van der Waals surface area (Å²) in [6, 6.07) is 23.5. The molecule has 7 heteroatoms. The molecule has 1 unspecified atom stereocenters. The number of aryl methyl sites for hydroxylation is 1. The van der Waals surface area contributed by atoms with Crippen molar-refractivity contribution in [2.45, 2.75) is 25.8 Å². The van der Waals surface area contributed by atoms with Crippen molar-refractivity contribution in [3.05, 3.63) is 83.9 Å². The van der Waals surface area contributed by atoms with Crippen LogP contribution in [0.5, 0.6) is 5.75 Å². The highest BCUT2D eigenvalue weighted by atomic mass is 16.5. The van der Waals surface area contributed by atoms with Crippen molar-refractivity contribution in [2.24, 2.45) is 0 Å². The fourth-order valence-corrected chi connectivity index (χ4v) is 3.34. The highest BCUT2D eigenvalue weighted by molar-refractivity contribution is 5.99. The predicted octanol–water partition coefficient (Wildman–Crippen LogP) is 4.24. The number of benzene rings is 3. The van der Waals surface area contributed by atoms with E-state index in [-0.39, 0.29) is 0 Å². The lowest BCUT2D eigenvalue weighted by atomic mass is 9.99. The Kier molecular flexibility index (Phi) is 7.69. The van der Waals surface area contributed by atoms with Crippen LogP contribution in [0.2, 0.25) is 0 Å². The van der Waals surface area contributed by atoms with Crippen molar-refractivity contribution in [1.29, 1.82) is 0 Å². The van der Waals surface area contributed by atoms with E-state index in [0.29, 0.717) is 18.0 Å². The monoisotopic (exact) mass is 448 g/mol. The zero-order valence-corrected chi connectivity index (χ0v) is 18.7. The van der Waals surface area contributed by atoms with Gasteiger partial charge in [0.05, 0.1) is 13.2 Å². The number of aliphatic hydroxyl groups excluding tert-OH is 1. The van der Waals surface area contributed by atoms with Gasteiger partial charge < -0.3 is 25.6 Å². The highest BCUT2D eigenvalue weighted by Crippen LogP contribution is 2.23. The predicted molar refractivity (Wildman–Crippen MR) is 128 cm³/mol. The van der Waals surface area contributed by atoms with E-state index in [0.717, 1.165) is 6.42 Å². The number of carbonyl (C=O) groups is 2. The van der Waals surface area contributed by atoms with E-state index in [2.05, 4.69) is 48.6 Å². The number of hydrogen-bond donors (Lipinski definition) is 4. The van der Waals surface area contributed by atoms with Gasteiger partial charge in [-0.3, -0.25) is 4.79 Å². The van der Waals surface area contributed by atoms with Gasteiger partial charge >= 0.3 is 6.09 Å². The average molecular weight is 449 g/mol. The van der Waals surface area contributed by atoms with E-state index in [1.165, 1.54) is 29.2 Å². The lowest BCUT2D eigenvalue weighted by Gasteiger charge is -2.25. The van der Waals surface area contributed by atoms with Crippen molar-refractivity contribution in [3.8, 4) is 16.9 Å². The summed E-state index contributed by atoms with van der Waals surface area (Å²) in [6.07, 6.45) is -0.641. The third-order valence-electron chi connectivity index (χ3n) is 5.38. The van der Waals surface area contributed by atoms with E-state index in [4.69, 9.17) is 9.84 Å². The van der Waals surface area contributed by atoms with Gasteiger partial charge in [0.25, 0.3) is 5.91 Å². The van der Waals surface area contributed by atoms with Crippen molar-refractivity contribution < 1.29 is 24.5 Å². The number of aliphatic hydroxyl groups is 1. The van der Waals surface area contributed by atoms with Crippen molar-refractivity contribution >= 4 is 17.7 Å². The Morgan fingerprint density at radius 3 is 2.24 bits per heavy atom. The van der Waals surface area contributed by atoms with Crippen molar-refractivity contribution in [1.82, 2.24) is 5.32 Å². The molecule has 0 saturated carbocycles. The minimum Gasteiger partial charge on any atom is -0.493 e. The second-order valence-electron chi connectivity index (χ2n) is 8.01. The van der Waals surface area contributed by atoms with Crippen LogP contribution in [-0.2, 0) is 11.2 Å². The summed E-state index contributed by atoms with van der Waals surface area (Å²) >= 11 is 0. The number of amides is 2. The molecule has 172 valence electrons. The molecule has 0 aliphatic rings. The van der Waals surface area contributed by atoms with Gasteiger partial charge in [-0.1, -0.05) is 48.5 Å². The van der Waals surface area contributed by atoms with Gasteiger partial charge in [-0.15, -0.1) is 0 Å². The normalized spacial score (nSPS) is 12.5. The fraction of sp³-hybridized carbons (Fsp3) is 0.231. The molecule has 0 aliphatic heterocycles. The van der Waals surface area contributed by atoms with Gasteiger partial charge in [0.15, 0.2) is 0 Å². The first-order valence-corrected chi connectivity index (χ1v) is 10.6. The molecule has 0 bridgehead atoms. The van der Waals surface area contributed by atoms with Gasteiger partial charge in [0.1, 0.15) is 11.3 Å². The van der Waals surface area contributed by atoms with Crippen LogP contribution >= 0.6 is 0 Å². The Hall–Kier alpha value is -3.84. The molecule has 0 saturated heterocycles. The molecule has 7 nitrogen and oxygen atoms in total. The number of carbonyl (C=O) groups excluding carboxylic acids is 1. The quantitative estimate of drug-likeness (QED) is 0.392. The third-order valence-corrected chi connectivity index (χ3v) is 5.38. The summed E-state index contributed by atoms with van der Waals surface area (Å²) < 4.78 is 5.80. The smallest absolute Gasteiger partial charge is 0.405 e. The van der Waals surface area contributed by atoms with Crippen LogP contribution in [0.1, 0.15) is 18.1 Å². The Balaban J connectivity index is 1.51. The molecule has 4 N–H and O–H groups in total. The van der Waals surface area contributed by atoms with E-state index in [9.17, 15) is 14.7 Å². The number of nitrogens with one attached hydrogen (secondary N) is 2. The summed E-state index contributed by atoms with van der Waals surface area (Å²) in [5.74, 6) is -0.00618. The van der Waals surface area contributed by atoms with Crippen LogP contribution in [0.3, 0.4) is 0 Å². The van der Waals surface area contributed by atoms with E-state index < -0.39 is 24.1 Å². The number of rotatable bonds is 9. The second kappa shape index (κ2) is 10.7. The Morgan fingerprint density at radius 1 is 0.970 bits per heavy atom. The summed E-state index contributed by atoms with van der Waals surface area (Å²) in [5.41, 5.74) is 3.65. The molecule has 0 heterocycles. The zero-order chi connectivity index (χ0) is 23.8. The van der Waals surface area contributed by atoms with Gasteiger partial charge in [0, 0.05) is 12.1 Å². The van der Waals surface area contributed by atoms with Gasteiger partial charge in [-0.2, -0.15) is 0 Å². The zero-order valence-electron chi connectivity index (χ0n) is 18.7. The number of anilines is 1. The molecule has 0 fully saturated rings. The van der Waals surface area contributed by atoms with E-state index in [1.54, 1.807) is 24.3 Å². The van der Waals surface area contributed by atoms with Crippen LogP contribution in [-0.4, -0.2) is 41.0 Å². The molecular weight excluding hydrogens is 420 g/mol. The van der Waals surface area contributed by atoms with Crippen LogP contribution in [0.25, 0.3) is 11.1 Å². The number of carboxylic acid groups (broad SMARTS) is 1. The lowest BCUT2D eigenvalue weighted by Crippen LogP contribution is -2.56. The first kappa shape index (κ1) is 23.8. The molecule has 3 aromatic carbocycles. The highest BCUT2D eigenvalue weighted by Gasteiger charge is 2.34. The maximum atomic E-state index is 12.3. The van der Waals surface area contributed by atoms with Crippen molar-refractivity contribution in [2.75, 3.05) is 18.5 Å². The molecule has 1 atom stereocenters. The minimum atomic E-state index is -1.64. The number of hydrogen-bond acceptors (Lipinski definition) is 4. The maximum Gasteiger partial charge on any atom is 0.405 e. The molecule has 0 spiro atoms. The van der Waals surface area contributed by atoms with E-state index >= 15 is 0 Å². The minimum absolute atomic E-state index is 0.464. The summed E-state index contributed by atoms with van der Waals surface area (Å²) in [4.78, 5) is 23.2. The second-order valence-corrected chi connectivity index (χ2v) is 8.01. The summed E-state index contributed by atoms with van der Waals surface area (Å²) in [6.45, 7) is 3.24. The first-order valence-electron chi connectivity index (χ1n) is 10.6. The first-order chi connectivity index (χ1) is 15.8. The Morgan fingerprint density at radius 2 is 1.64 bits per heavy atom. The van der Waals surface area contributed by atoms with Crippen LogP contribution < -0.4 is 15.4 Å². The molecule has 0 aromatic heterocycles. The maximum absolute atomic E-state index is 12.3. The topological polar surface area (TPSA) is 108 Å². The van der Waals surface area contributed by atoms with Crippen LogP contribution in [0.15, 0.2) is 72.8 Å². The lowest BCUT2D eigenvalue weighted by molar-refractivity contribution is -0.123. The average Bonchev–Trinajstić information content (AvgIpc) is 2.80. The third kappa shape index (κ3) is 6.33. The number of ether oxygens (including phenoxy) is 1. The Bertz CT molecular complexity index is 1100. The molecular formula is C26H28N2O5. The molecule has 2 amide bonds. The van der Waals surface area contributed by atoms with Gasteiger partial charge in [0.2, 0.25) is 0 Å². The molecule has 33 heavy (non-hydrogen) atoms. The largest absolute Gasteiger partial charge is 0.493 e. The standard InChI is InChI=1S/C26H28N2O5/c1-18-5-3-4-6-23(18)20-9-7-19(8-10-20)15-16-33-22-13-11-21(12-14-22)27-24(30)26(2,17-29)28-25(31)32/h3-14,28-29H,15-17H2,1-2H3,(H,27,30)(H,31,32). The van der Waals surface area contributed by atoms with Crippen LogP contribution in [0, 0.1) is 6.92 Å². The molecule has 0 radical (unpaired) electrons. The summed E-state index contributed by atoms with van der Waals surface area (Å²) in [5, 5.41) is 22.9. The van der Waals surface area contributed by atoms with Crippen LogP contribution in [0.4, 0.5) is 10.5 Å². The van der Waals surface area contributed by atoms with E-state index in [1.807, 2.05) is 17.4 Å². The fourth-order valence-electron chi connectivity index (χ4n) is 3.34. The van der Waals surface area contributed by atoms with Crippen molar-refractivity contribution in [3.63, 3.8) is 0 Å². The SMILES string of the molecule is Cc1ccccc1-c1ccc(CCOc2ccc(NC(=O)C(C)(CO)NC(=O)O)cc2)cc1. The molecule has 0 aliphatic carbocycles. The Labute approximate surface area is 193 Å². The molecule has 3 aromatic rings. The van der Waals surface area contributed by atoms with Gasteiger partial charge in [-0.05, 0) is 60.4 Å². The summed E-state index contributed by atoms with van der Waals surface area (Å²) in [7, 11) is 0. The molecule has 3 rings (SSSR count).